The quantitative estimate of drug-likeness (QED) is 0.0624. The van der Waals surface area contributed by atoms with Crippen LogP contribution in [0.2, 0.25) is 0 Å². The normalized spacial score (nSPS) is 12.9. The first-order valence-corrected chi connectivity index (χ1v) is 20.5. The number of aromatic amines is 1. The molecule has 0 unspecified atom stereocenters. The lowest BCUT2D eigenvalue weighted by atomic mass is 9.76. The summed E-state index contributed by atoms with van der Waals surface area (Å²) in [5, 5.41) is 22.2. The van der Waals surface area contributed by atoms with Crippen LogP contribution in [0.5, 0.6) is 0 Å². The molecule has 2 heterocycles. The van der Waals surface area contributed by atoms with Gasteiger partial charge in [0.25, 0.3) is 5.91 Å². The number of carboxylic acids is 1. The highest BCUT2D eigenvalue weighted by atomic mass is 32.2. The second-order valence-electron chi connectivity index (χ2n) is 14.4. The van der Waals surface area contributed by atoms with Crippen LogP contribution in [0.1, 0.15) is 57.1 Å². The van der Waals surface area contributed by atoms with Crippen LogP contribution in [-0.2, 0) is 20.4 Å². The van der Waals surface area contributed by atoms with Crippen LogP contribution >= 0.6 is 0 Å². The molecule has 296 valence electrons. The third kappa shape index (κ3) is 7.14. The monoisotopic (exact) mass is 795 g/mol. The van der Waals surface area contributed by atoms with Gasteiger partial charge in [-0.25, -0.2) is 18.2 Å². The van der Waals surface area contributed by atoms with Crippen molar-refractivity contribution in [1.82, 2.24) is 29.4 Å². The second kappa shape index (κ2) is 16.1. The molecular weight excluding hydrogens is 751 g/mol. The van der Waals surface area contributed by atoms with Crippen molar-refractivity contribution in [2.75, 3.05) is 18.4 Å². The van der Waals surface area contributed by atoms with Crippen molar-refractivity contribution < 1.29 is 23.1 Å². The number of aromatic nitrogens is 4. The van der Waals surface area contributed by atoms with Crippen LogP contribution in [0.25, 0.3) is 10.9 Å². The summed E-state index contributed by atoms with van der Waals surface area (Å²) in [5.41, 5.74) is 1.62. The molecule has 4 N–H and O–H groups in total. The summed E-state index contributed by atoms with van der Waals surface area (Å²) in [6, 6.07) is 37.9. The maximum absolute atomic E-state index is 14.7. The number of hydrogen-bond donors (Lipinski definition) is 4. The average Bonchev–Trinajstić information content (AvgIpc) is 3.89. The van der Waals surface area contributed by atoms with E-state index in [-0.39, 0.29) is 23.0 Å². The standard InChI is InChI=1S/C45H45N7O5S/c1-5-24-51(41(53)34-21-22-39-35(28-34)29-48-49-39)44(42(54)55,50-58(56,57)40-32(3)26-31(2)27-33(40)4)30-47-43-46-23-25-52(43)45(36-15-9-6-10-16-36,37-17-11-7-12-18-37)38-19-13-8-14-20-38/h6-23,25-29,50H,5,24,30H2,1-4H3,(H,46,47)(H,48,49)(H,54,55)/t44-/m1/s1. The fourth-order valence-electron chi connectivity index (χ4n) is 8.07. The van der Waals surface area contributed by atoms with Crippen LogP contribution in [-0.4, -0.2) is 68.8 Å². The Labute approximate surface area is 337 Å². The number of carbonyl (C=O) groups excluding carboxylic acids is 1. The number of nitrogens with one attached hydrogen (secondary N) is 3. The molecule has 12 nitrogen and oxygen atoms in total. The average molecular weight is 796 g/mol. The Morgan fingerprint density at radius 2 is 1.40 bits per heavy atom. The maximum atomic E-state index is 14.7. The van der Waals surface area contributed by atoms with Crippen molar-refractivity contribution >= 4 is 38.8 Å². The minimum Gasteiger partial charge on any atom is -0.478 e. The number of anilines is 1. The third-order valence-electron chi connectivity index (χ3n) is 10.4. The zero-order chi connectivity index (χ0) is 41.1. The molecule has 1 atom stereocenters. The van der Waals surface area contributed by atoms with Gasteiger partial charge in [-0.05, 0) is 73.2 Å². The molecule has 7 rings (SSSR count). The lowest BCUT2D eigenvalue weighted by Gasteiger charge is -2.42. The summed E-state index contributed by atoms with van der Waals surface area (Å²) in [7, 11) is -4.61. The van der Waals surface area contributed by atoms with Gasteiger partial charge in [-0.2, -0.15) is 9.82 Å². The molecule has 0 aliphatic rings. The Balaban J connectivity index is 1.42. The first kappa shape index (κ1) is 39.7. The predicted octanol–water partition coefficient (Wildman–Crippen LogP) is 7.25. The fourth-order valence-corrected chi connectivity index (χ4v) is 9.86. The number of hydrogen-bond acceptors (Lipinski definition) is 7. The number of H-pyrrole nitrogens is 1. The molecule has 0 saturated carbocycles. The van der Waals surface area contributed by atoms with Crippen molar-refractivity contribution in [1.29, 1.82) is 0 Å². The van der Waals surface area contributed by atoms with Gasteiger partial charge >= 0.3 is 5.97 Å². The second-order valence-corrected chi connectivity index (χ2v) is 16.0. The number of rotatable bonds is 15. The number of fused-ring (bicyclic) bond motifs is 1. The number of carbonyl (C=O) groups is 2. The SMILES string of the molecule is CCCN(C(=O)c1ccc2[nH]ncc2c1)[C@@](CNc1nccn1C(c1ccccc1)(c1ccccc1)c1ccccc1)(NS(=O)(=O)c1c(C)cc(C)cc1C)C(=O)O. The Kier molecular flexibility index (Phi) is 11.0. The van der Waals surface area contributed by atoms with Gasteiger partial charge in [0, 0.05) is 29.9 Å². The molecule has 0 radical (unpaired) electrons. The first-order valence-electron chi connectivity index (χ1n) is 19.0. The Hall–Kier alpha value is -6.57. The summed E-state index contributed by atoms with van der Waals surface area (Å²) in [4.78, 5) is 34.6. The Bertz CT molecular complexity index is 2560. The van der Waals surface area contributed by atoms with Crippen LogP contribution in [0.15, 0.2) is 145 Å². The molecule has 58 heavy (non-hydrogen) atoms. The minimum absolute atomic E-state index is 0.0646. The molecule has 0 bridgehead atoms. The van der Waals surface area contributed by atoms with E-state index in [1.54, 1.807) is 69.7 Å². The van der Waals surface area contributed by atoms with Crippen molar-refractivity contribution in [3.63, 3.8) is 0 Å². The van der Waals surface area contributed by atoms with Gasteiger partial charge in [0.05, 0.1) is 23.2 Å². The van der Waals surface area contributed by atoms with Crippen LogP contribution in [0.3, 0.4) is 0 Å². The molecule has 13 heteroatoms. The molecule has 0 aliphatic carbocycles. The molecule has 0 fully saturated rings. The molecular formula is C45H45N7O5S. The van der Waals surface area contributed by atoms with Gasteiger partial charge in [-0.1, -0.05) is 116 Å². The van der Waals surface area contributed by atoms with Gasteiger partial charge in [0.15, 0.2) is 0 Å². The zero-order valence-electron chi connectivity index (χ0n) is 32.7. The Morgan fingerprint density at radius 3 is 1.93 bits per heavy atom. The number of benzene rings is 5. The van der Waals surface area contributed by atoms with E-state index >= 15 is 0 Å². The maximum Gasteiger partial charge on any atom is 0.347 e. The van der Waals surface area contributed by atoms with E-state index in [0.717, 1.165) is 27.2 Å². The largest absolute Gasteiger partial charge is 0.478 e. The highest BCUT2D eigenvalue weighted by Gasteiger charge is 2.51. The fraction of sp³-hybridized carbons (Fsp3) is 0.200. The van der Waals surface area contributed by atoms with E-state index in [4.69, 9.17) is 4.98 Å². The van der Waals surface area contributed by atoms with Crippen LogP contribution in [0, 0.1) is 20.8 Å². The predicted molar refractivity (Wildman–Crippen MR) is 224 cm³/mol. The molecule has 0 saturated heterocycles. The first-order chi connectivity index (χ1) is 27.9. The van der Waals surface area contributed by atoms with E-state index in [1.165, 1.54) is 0 Å². The van der Waals surface area contributed by atoms with Gasteiger partial charge < -0.3 is 15.3 Å². The number of amides is 1. The van der Waals surface area contributed by atoms with Crippen molar-refractivity contribution in [3.05, 3.63) is 179 Å². The zero-order valence-corrected chi connectivity index (χ0v) is 33.5. The molecule has 0 spiro atoms. The number of aliphatic carboxylic acids is 1. The number of aryl methyl sites for hydroxylation is 3. The van der Waals surface area contributed by atoms with E-state index in [9.17, 15) is 23.1 Å². The summed E-state index contributed by atoms with van der Waals surface area (Å²) in [6.45, 7) is 6.26. The van der Waals surface area contributed by atoms with Crippen LogP contribution < -0.4 is 10.0 Å². The third-order valence-corrected chi connectivity index (χ3v) is 12.2. The van der Waals surface area contributed by atoms with E-state index in [1.807, 2.05) is 102 Å². The summed E-state index contributed by atoms with van der Waals surface area (Å²) in [5.74, 6) is -2.05. The number of imidazole rings is 1. The van der Waals surface area contributed by atoms with Gasteiger partial charge in [0.2, 0.25) is 21.6 Å². The van der Waals surface area contributed by atoms with E-state index in [2.05, 4.69) is 20.2 Å². The van der Waals surface area contributed by atoms with Gasteiger partial charge in [-0.3, -0.25) is 14.5 Å². The highest BCUT2D eigenvalue weighted by Crippen LogP contribution is 2.42. The summed E-state index contributed by atoms with van der Waals surface area (Å²) >= 11 is 0. The summed E-state index contributed by atoms with van der Waals surface area (Å²) in [6.07, 6.45) is 5.28. The van der Waals surface area contributed by atoms with E-state index < -0.39 is 39.6 Å². The van der Waals surface area contributed by atoms with Gasteiger partial charge in [-0.15, -0.1) is 0 Å². The van der Waals surface area contributed by atoms with Crippen molar-refractivity contribution in [2.24, 2.45) is 0 Å². The molecule has 1 amide bonds. The number of sulfonamides is 1. The molecule has 7 aromatic rings. The van der Waals surface area contributed by atoms with E-state index in [0.29, 0.717) is 28.5 Å². The number of nitrogens with zero attached hydrogens (tertiary/aromatic N) is 4. The molecule has 2 aromatic heterocycles. The smallest absolute Gasteiger partial charge is 0.347 e. The van der Waals surface area contributed by atoms with Crippen LogP contribution in [0.4, 0.5) is 5.95 Å². The minimum atomic E-state index is -4.61. The number of carboxylic acid groups (broad SMARTS) is 1. The Morgan fingerprint density at radius 1 is 0.828 bits per heavy atom. The molecule has 0 aliphatic heterocycles. The van der Waals surface area contributed by atoms with Crippen molar-refractivity contribution in [2.45, 2.75) is 50.2 Å². The highest BCUT2D eigenvalue weighted by molar-refractivity contribution is 7.89. The summed E-state index contributed by atoms with van der Waals surface area (Å²) < 4.78 is 33.8. The lowest BCUT2D eigenvalue weighted by molar-refractivity contribution is -0.150. The lowest BCUT2D eigenvalue weighted by Crippen LogP contribution is -2.70. The van der Waals surface area contributed by atoms with Crippen molar-refractivity contribution in [3.8, 4) is 0 Å². The molecule has 5 aromatic carbocycles. The topological polar surface area (TPSA) is 162 Å². The van der Waals surface area contributed by atoms with Gasteiger partial charge in [0.1, 0.15) is 5.54 Å².